The van der Waals surface area contributed by atoms with Crippen LogP contribution in [-0.4, -0.2) is 30.6 Å². The molecule has 0 saturated heterocycles. The Morgan fingerprint density at radius 1 is 1.29 bits per heavy atom. The summed E-state index contributed by atoms with van der Waals surface area (Å²) in [4.78, 5) is 13.9. The fourth-order valence-corrected chi connectivity index (χ4v) is 3.34. The van der Waals surface area contributed by atoms with Gasteiger partial charge in [-0.05, 0) is 37.6 Å². The van der Waals surface area contributed by atoms with Crippen molar-refractivity contribution in [2.24, 2.45) is 5.92 Å². The number of nitrogens with one attached hydrogen (secondary N) is 1. The molecule has 4 nitrogen and oxygen atoms in total. The molecule has 0 aromatic heterocycles. The summed E-state index contributed by atoms with van der Waals surface area (Å²) in [7, 11) is 0. The van der Waals surface area contributed by atoms with Gasteiger partial charge in [-0.2, -0.15) is 0 Å². The topological polar surface area (TPSA) is 41.6 Å². The minimum absolute atomic E-state index is 0. The van der Waals surface area contributed by atoms with E-state index in [-0.39, 0.29) is 26.0 Å². The zero-order valence-corrected chi connectivity index (χ0v) is 17.8. The van der Waals surface area contributed by atoms with Crippen LogP contribution in [0.5, 0.6) is 0 Å². The number of allylic oxidation sites excluding steroid dienone is 2. The molecule has 0 saturated carbocycles. The first-order chi connectivity index (χ1) is 13.3. The minimum atomic E-state index is -0.229. The van der Waals surface area contributed by atoms with Crippen LogP contribution >= 0.6 is 0 Å². The van der Waals surface area contributed by atoms with Crippen molar-refractivity contribution in [1.29, 1.82) is 0 Å². The van der Waals surface area contributed by atoms with Gasteiger partial charge in [-0.1, -0.05) is 54.6 Å². The van der Waals surface area contributed by atoms with Crippen LogP contribution in [0, 0.1) is 5.92 Å². The second kappa shape index (κ2) is 11.8. The van der Waals surface area contributed by atoms with Crippen molar-refractivity contribution < 1.29 is 29.5 Å². The molecule has 28 heavy (non-hydrogen) atoms. The van der Waals surface area contributed by atoms with Crippen molar-refractivity contribution in [2.75, 3.05) is 19.7 Å². The van der Waals surface area contributed by atoms with E-state index in [2.05, 4.69) is 58.8 Å². The first-order valence-corrected chi connectivity index (χ1v) is 9.69. The van der Waals surface area contributed by atoms with Gasteiger partial charge in [0.2, 0.25) is 0 Å². The summed E-state index contributed by atoms with van der Waals surface area (Å²) in [6.45, 7) is 5.63. The van der Waals surface area contributed by atoms with Crippen LogP contribution < -0.4 is 5.32 Å². The third-order valence-electron chi connectivity index (χ3n) is 4.78. The number of hydrogen-bond acceptors (Lipinski definition) is 4. The van der Waals surface area contributed by atoms with Gasteiger partial charge >= 0.3 is 5.97 Å². The average Bonchev–Trinajstić information content (AvgIpc) is 3.18. The first kappa shape index (κ1) is 22.3. The van der Waals surface area contributed by atoms with E-state index >= 15 is 0 Å². The van der Waals surface area contributed by atoms with Gasteiger partial charge in [-0.3, -0.25) is 4.90 Å². The van der Waals surface area contributed by atoms with E-state index in [4.69, 9.17) is 4.74 Å². The van der Waals surface area contributed by atoms with E-state index in [0.717, 1.165) is 25.2 Å². The maximum absolute atomic E-state index is 11.4. The first-order valence-electron chi connectivity index (χ1n) is 9.69. The van der Waals surface area contributed by atoms with Gasteiger partial charge < -0.3 is 10.1 Å². The summed E-state index contributed by atoms with van der Waals surface area (Å²) in [5, 5.41) is 3.12. The Bertz CT molecular complexity index is 759. The van der Waals surface area contributed by atoms with Gasteiger partial charge in [0.05, 0.1) is 12.2 Å². The average molecular weight is 417 g/mol. The SMILES string of the molecule is C1=CCN(Cc2ccccc2)CC1.CCOC(=O)C1=CCC2C=CNC2=C1.[HH].[V]. The molecule has 4 rings (SSSR count). The van der Waals surface area contributed by atoms with Gasteiger partial charge in [0, 0.05) is 51.2 Å². The van der Waals surface area contributed by atoms with E-state index in [9.17, 15) is 4.79 Å². The quantitative estimate of drug-likeness (QED) is 0.589. The molecule has 5 heteroatoms. The van der Waals surface area contributed by atoms with E-state index in [1.54, 1.807) is 0 Å². The summed E-state index contributed by atoms with van der Waals surface area (Å²) in [5.74, 6) is 0.195. The van der Waals surface area contributed by atoms with E-state index in [0.29, 0.717) is 18.1 Å². The number of rotatable bonds is 4. The Balaban J connectivity index is 0.000000272. The molecule has 1 atom stereocenters. The van der Waals surface area contributed by atoms with Crippen molar-refractivity contribution in [2.45, 2.75) is 26.3 Å². The molecule has 1 radical (unpaired) electrons. The fraction of sp³-hybridized carbons (Fsp3) is 0.348. The Labute approximate surface area is 181 Å². The van der Waals surface area contributed by atoms with Crippen molar-refractivity contribution in [3.05, 3.63) is 83.7 Å². The standard InChI is InChI=1S/C12H15N.C11H13NO2.V.H2/c1-3-7-12(8-4-1)11-13-9-5-2-6-10-13;1-2-14-11(13)9-4-3-8-5-6-12-10(8)7-9;;/h1-5,7-8H,6,9-11H2;4-8,12H,2-3H2,1H3;;1H. The molecule has 1 N–H and O–H groups in total. The van der Waals surface area contributed by atoms with Crippen molar-refractivity contribution in [3.8, 4) is 0 Å². The predicted molar refractivity (Wildman–Crippen MR) is 111 cm³/mol. The van der Waals surface area contributed by atoms with Crippen LogP contribution in [0.1, 0.15) is 26.8 Å². The molecule has 1 aromatic rings. The Morgan fingerprint density at radius 2 is 2.11 bits per heavy atom. The molecule has 149 valence electrons. The molecule has 2 heterocycles. The second-order valence-electron chi connectivity index (χ2n) is 6.81. The molecule has 1 unspecified atom stereocenters. The zero-order chi connectivity index (χ0) is 18.9. The zero-order valence-electron chi connectivity index (χ0n) is 16.4. The van der Waals surface area contributed by atoms with E-state index in [1.165, 1.54) is 18.5 Å². The molecule has 1 aliphatic carbocycles. The van der Waals surface area contributed by atoms with Gasteiger partial charge in [-0.25, -0.2) is 4.79 Å². The third kappa shape index (κ3) is 6.55. The molecule has 0 spiro atoms. The van der Waals surface area contributed by atoms with Crippen molar-refractivity contribution in [1.82, 2.24) is 10.2 Å². The number of benzene rings is 1. The van der Waals surface area contributed by atoms with Crippen LogP contribution in [0.3, 0.4) is 0 Å². The number of fused-ring (bicyclic) bond motifs is 1. The Kier molecular flexibility index (Phi) is 9.35. The monoisotopic (exact) mass is 417 g/mol. The maximum Gasteiger partial charge on any atom is 0.337 e. The van der Waals surface area contributed by atoms with Crippen LogP contribution in [0.4, 0.5) is 0 Å². The summed E-state index contributed by atoms with van der Waals surface area (Å²) < 4.78 is 4.93. The number of carbonyl (C=O) groups is 1. The number of hydrogen-bond donors (Lipinski definition) is 1. The van der Waals surface area contributed by atoms with Gasteiger partial charge in [0.1, 0.15) is 0 Å². The summed E-state index contributed by atoms with van der Waals surface area (Å²) >= 11 is 0. The molecule has 2 aliphatic heterocycles. The number of ether oxygens (including phenoxy) is 1. The summed E-state index contributed by atoms with van der Waals surface area (Å²) in [5.41, 5.74) is 3.17. The summed E-state index contributed by atoms with van der Waals surface area (Å²) in [6.07, 6.45) is 14.4. The van der Waals surface area contributed by atoms with E-state index < -0.39 is 0 Å². The van der Waals surface area contributed by atoms with Crippen LogP contribution in [0.25, 0.3) is 0 Å². The number of esters is 1. The third-order valence-corrected chi connectivity index (χ3v) is 4.78. The smallest absolute Gasteiger partial charge is 0.337 e. The maximum atomic E-state index is 11.4. The van der Waals surface area contributed by atoms with Crippen LogP contribution in [0.2, 0.25) is 0 Å². The van der Waals surface area contributed by atoms with Crippen LogP contribution in [-0.2, 0) is 34.6 Å². The second-order valence-corrected chi connectivity index (χ2v) is 6.81. The summed E-state index contributed by atoms with van der Waals surface area (Å²) in [6, 6.07) is 10.7. The molecule has 3 aliphatic rings. The van der Waals surface area contributed by atoms with Crippen molar-refractivity contribution in [3.63, 3.8) is 0 Å². The van der Waals surface area contributed by atoms with Gasteiger partial charge in [0.25, 0.3) is 0 Å². The van der Waals surface area contributed by atoms with Gasteiger partial charge in [-0.15, -0.1) is 0 Å². The van der Waals surface area contributed by atoms with Crippen molar-refractivity contribution >= 4 is 5.97 Å². The van der Waals surface area contributed by atoms with Gasteiger partial charge in [0.15, 0.2) is 0 Å². The fourth-order valence-electron chi connectivity index (χ4n) is 3.34. The normalized spacial score (nSPS) is 19.8. The minimum Gasteiger partial charge on any atom is -0.462 e. The molecular formula is C23H30N2O2V. The predicted octanol–water partition coefficient (Wildman–Crippen LogP) is 4.19. The Morgan fingerprint density at radius 3 is 2.82 bits per heavy atom. The number of nitrogens with zero attached hydrogens (tertiary/aromatic N) is 1. The van der Waals surface area contributed by atoms with E-state index in [1.807, 2.05) is 25.3 Å². The molecule has 0 bridgehead atoms. The molecular weight excluding hydrogens is 387 g/mol. The van der Waals surface area contributed by atoms with Crippen LogP contribution in [0.15, 0.2) is 78.2 Å². The molecule has 1 aromatic carbocycles. The number of carbonyl (C=O) groups excluding carboxylic acids is 1. The molecule has 0 fully saturated rings. The molecule has 0 amide bonds. The largest absolute Gasteiger partial charge is 0.462 e. The Hall–Kier alpha value is -2.01.